The Bertz CT molecular complexity index is 205. The summed E-state index contributed by atoms with van der Waals surface area (Å²) in [6.45, 7) is 6.11. The zero-order chi connectivity index (χ0) is 11.7. The van der Waals surface area contributed by atoms with Gasteiger partial charge < -0.3 is 4.74 Å². The number of hydrogen-bond donors (Lipinski definition) is 2. The van der Waals surface area contributed by atoms with Crippen molar-refractivity contribution < 1.29 is 4.74 Å². The molecule has 1 unspecified atom stereocenters. The minimum atomic E-state index is -0.163. The lowest BCUT2D eigenvalue weighted by Crippen LogP contribution is -2.53. The molecule has 0 aromatic heterocycles. The fourth-order valence-electron chi connectivity index (χ4n) is 2.01. The molecule has 0 aliphatic rings. The van der Waals surface area contributed by atoms with Crippen molar-refractivity contribution in [1.29, 1.82) is 0 Å². The molecule has 0 aliphatic heterocycles. The molecule has 0 aromatic carbocycles. The minimum absolute atomic E-state index is 0.163. The Morgan fingerprint density at radius 1 is 1.40 bits per heavy atom. The first-order valence-corrected chi connectivity index (χ1v) is 5.61. The predicted octanol–water partition coefficient (Wildman–Crippen LogP) is 1.83. The molecule has 0 radical (unpaired) electrons. The molecular formula is C12H24N2O. The summed E-state index contributed by atoms with van der Waals surface area (Å²) in [5.41, 5.74) is 2.70. The fourth-order valence-corrected chi connectivity index (χ4v) is 2.01. The Morgan fingerprint density at radius 3 is 2.33 bits per heavy atom. The normalized spacial score (nSPS) is 13.1. The average molecular weight is 212 g/mol. The first-order chi connectivity index (χ1) is 7.20. The largest absolute Gasteiger partial charge is 0.377 e. The third kappa shape index (κ3) is 3.83. The second-order valence-electron chi connectivity index (χ2n) is 3.66. The second-order valence-corrected chi connectivity index (χ2v) is 3.66. The molecule has 3 heteroatoms. The number of nitrogens with two attached hydrogens (primary N) is 1. The zero-order valence-electron chi connectivity index (χ0n) is 10.4. The highest BCUT2D eigenvalue weighted by atomic mass is 16.5. The maximum atomic E-state index is 5.63. The van der Waals surface area contributed by atoms with E-state index >= 15 is 0 Å². The van der Waals surface area contributed by atoms with Crippen LogP contribution in [0.1, 0.15) is 46.5 Å². The van der Waals surface area contributed by atoms with Crippen LogP contribution in [0.5, 0.6) is 0 Å². The van der Waals surface area contributed by atoms with Crippen LogP contribution in [-0.2, 0) is 4.74 Å². The molecule has 0 amide bonds. The Morgan fingerprint density at radius 2 is 2.00 bits per heavy atom. The molecule has 0 bridgehead atoms. The number of ether oxygens (including phenoxy) is 1. The lowest BCUT2D eigenvalue weighted by atomic mass is 9.86. The monoisotopic (exact) mass is 212 g/mol. The van der Waals surface area contributed by atoms with Crippen molar-refractivity contribution in [2.75, 3.05) is 7.11 Å². The fraction of sp³-hybridized carbons (Fsp3) is 0.833. The molecule has 0 rings (SSSR count). The maximum Gasteiger partial charge on any atom is 0.0839 e. The Balaban J connectivity index is 4.48. The lowest BCUT2D eigenvalue weighted by molar-refractivity contribution is -0.0491. The van der Waals surface area contributed by atoms with Crippen molar-refractivity contribution >= 4 is 0 Å². The smallest absolute Gasteiger partial charge is 0.0839 e. The summed E-state index contributed by atoms with van der Waals surface area (Å²) >= 11 is 0. The van der Waals surface area contributed by atoms with Gasteiger partial charge in [0.25, 0.3) is 0 Å². The van der Waals surface area contributed by atoms with E-state index in [4.69, 9.17) is 10.6 Å². The van der Waals surface area contributed by atoms with Crippen LogP contribution < -0.4 is 11.3 Å². The minimum Gasteiger partial charge on any atom is -0.377 e. The summed E-state index contributed by atoms with van der Waals surface area (Å²) < 4.78 is 5.63. The lowest BCUT2D eigenvalue weighted by Gasteiger charge is -2.37. The van der Waals surface area contributed by atoms with Crippen LogP contribution >= 0.6 is 0 Å². The third-order valence-corrected chi connectivity index (χ3v) is 3.17. The topological polar surface area (TPSA) is 47.3 Å². The SMILES string of the molecule is CC#CCCC(NN)C(CC)(CC)OC. The van der Waals surface area contributed by atoms with Gasteiger partial charge in [-0.15, -0.1) is 11.8 Å². The summed E-state index contributed by atoms with van der Waals surface area (Å²) in [5.74, 6) is 11.5. The summed E-state index contributed by atoms with van der Waals surface area (Å²) in [4.78, 5) is 0. The second kappa shape index (κ2) is 7.70. The van der Waals surface area contributed by atoms with Gasteiger partial charge in [-0.25, -0.2) is 0 Å². The molecule has 15 heavy (non-hydrogen) atoms. The average Bonchev–Trinajstić information content (AvgIpc) is 2.29. The van der Waals surface area contributed by atoms with Crippen molar-refractivity contribution in [3.05, 3.63) is 0 Å². The molecule has 88 valence electrons. The van der Waals surface area contributed by atoms with E-state index in [1.54, 1.807) is 7.11 Å². The number of hydrogen-bond acceptors (Lipinski definition) is 3. The van der Waals surface area contributed by atoms with E-state index in [9.17, 15) is 0 Å². The van der Waals surface area contributed by atoms with Gasteiger partial charge in [0.1, 0.15) is 0 Å². The zero-order valence-corrected chi connectivity index (χ0v) is 10.4. The molecule has 3 N–H and O–H groups in total. The van der Waals surface area contributed by atoms with Gasteiger partial charge in [-0.3, -0.25) is 11.3 Å². The van der Waals surface area contributed by atoms with Crippen LogP contribution in [0.3, 0.4) is 0 Å². The number of rotatable bonds is 7. The van der Waals surface area contributed by atoms with E-state index in [0.29, 0.717) is 0 Å². The van der Waals surface area contributed by atoms with Gasteiger partial charge in [-0.1, -0.05) is 13.8 Å². The van der Waals surface area contributed by atoms with Gasteiger partial charge in [-0.05, 0) is 26.2 Å². The Labute approximate surface area is 93.7 Å². The van der Waals surface area contributed by atoms with E-state index in [1.807, 2.05) is 6.92 Å². The van der Waals surface area contributed by atoms with Crippen LogP contribution in [0, 0.1) is 11.8 Å². The van der Waals surface area contributed by atoms with Gasteiger partial charge >= 0.3 is 0 Å². The molecule has 0 spiro atoms. The van der Waals surface area contributed by atoms with Crippen LogP contribution in [0.15, 0.2) is 0 Å². The third-order valence-electron chi connectivity index (χ3n) is 3.17. The highest BCUT2D eigenvalue weighted by Crippen LogP contribution is 2.26. The van der Waals surface area contributed by atoms with Gasteiger partial charge in [0.2, 0.25) is 0 Å². The summed E-state index contributed by atoms with van der Waals surface area (Å²) in [6.07, 6.45) is 3.69. The number of hydrazine groups is 1. The first-order valence-electron chi connectivity index (χ1n) is 5.61. The van der Waals surface area contributed by atoms with E-state index in [-0.39, 0.29) is 11.6 Å². The van der Waals surface area contributed by atoms with Crippen LogP contribution in [0.25, 0.3) is 0 Å². The van der Waals surface area contributed by atoms with Gasteiger partial charge in [0, 0.05) is 13.5 Å². The summed E-state index contributed by atoms with van der Waals surface area (Å²) in [5, 5.41) is 0. The molecule has 0 heterocycles. The van der Waals surface area contributed by atoms with E-state index in [2.05, 4.69) is 31.1 Å². The van der Waals surface area contributed by atoms with E-state index in [0.717, 1.165) is 25.7 Å². The van der Waals surface area contributed by atoms with Crippen LogP contribution in [0.4, 0.5) is 0 Å². The van der Waals surface area contributed by atoms with Crippen molar-refractivity contribution in [2.45, 2.75) is 58.1 Å². The maximum absolute atomic E-state index is 5.63. The number of methoxy groups -OCH3 is 1. The molecule has 0 fully saturated rings. The van der Waals surface area contributed by atoms with Gasteiger partial charge in [-0.2, -0.15) is 0 Å². The highest BCUT2D eigenvalue weighted by molar-refractivity contribution is 4.98. The summed E-state index contributed by atoms with van der Waals surface area (Å²) in [6, 6.07) is 0.165. The predicted molar refractivity (Wildman–Crippen MR) is 64.1 cm³/mol. The van der Waals surface area contributed by atoms with Crippen molar-refractivity contribution in [3.63, 3.8) is 0 Å². The highest BCUT2D eigenvalue weighted by Gasteiger charge is 2.34. The molecule has 0 aliphatic carbocycles. The Kier molecular flexibility index (Phi) is 7.41. The van der Waals surface area contributed by atoms with Gasteiger partial charge in [0.05, 0.1) is 11.6 Å². The molecule has 3 nitrogen and oxygen atoms in total. The Hall–Kier alpha value is -0.560. The molecule has 0 saturated heterocycles. The number of nitrogens with one attached hydrogen (secondary N) is 1. The van der Waals surface area contributed by atoms with Crippen LogP contribution in [-0.4, -0.2) is 18.8 Å². The standard InChI is InChI=1S/C12H24N2O/c1-5-8-9-10-11(14-13)12(6-2,7-3)15-4/h11,14H,6-7,9-10,13H2,1-4H3. The molecular weight excluding hydrogens is 188 g/mol. The molecule has 0 aromatic rings. The first kappa shape index (κ1) is 14.4. The van der Waals surface area contributed by atoms with Crippen molar-refractivity contribution in [3.8, 4) is 11.8 Å². The van der Waals surface area contributed by atoms with E-state index < -0.39 is 0 Å². The molecule has 0 saturated carbocycles. The van der Waals surface area contributed by atoms with Crippen molar-refractivity contribution in [2.24, 2.45) is 5.84 Å². The van der Waals surface area contributed by atoms with Crippen LogP contribution in [0.2, 0.25) is 0 Å². The quantitative estimate of drug-likeness (QED) is 0.384. The van der Waals surface area contributed by atoms with E-state index in [1.165, 1.54) is 0 Å². The molecule has 1 atom stereocenters. The van der Waals surface area contributed by atoms with Gasteiger partial charge in [0.15, 0.2) is 0 Å². The summed E-state index contributed by atoms with van der Waals surface area (Å²) in [7, 11) is 1.75. The van der Waals surface area contributed by atoms with Crippen molar-refractivity contribution in [1.82, 2.24) is 5.43 Å².